The van der Waals surface area contributed by atoms with E-state index >= 15 is 0 Å². The van der Waals surface area contributed by atoms with Gasteiger partial charge >= 0.3 is 0 Å². The van der Waals surface area contributed by atoms with Gasteiger partial charge in [0, 0.05) is 20.0 Å². The summed E-state index contributed by atoms with van der Waals surface area (Å²) >= 11 is 4.21. The third-order valence-electron chi connectivity index (χ3n) is 2.17. The zero-order valence-electron chi connectivity index (χ0n) is 8.75. The zero-order valence-corrected chi connectivity index (χ0v) is 9.65. The van der Waals surface area contributed by atoms with E-state index in [1.807, 2.05) is 11.9 Å². The van der Waals surface area contributed by atoms with Crippen molar-refractivity contribution in [1.82, 2.24) is 36.0 Å². The summed E-state index contributed by atoms with van der Waals surface area (Å²) in [6.07, 6.45) is 1.73. The summed E-state index contributed by atoms with van der Waals surface area (Å²) in [6, 6.07) is 0. The number of nitrogens with one attached hydrogen (secondary N) is 2. The fraction of sp³-hybridized carbons (Fsp3) is 0.571. The molecule has 9 heteroatoms. The molecule has 0 saturated heterocycles. The van der Waals surface area contributed by atoms with E-state index in [9.17, 15) is 0 Å². The number of rotatable bonds is 5. The number of thiol groups is 1. The molecule has 16 heavy (non-hydrogen) atoms. The summed E-state index contributed by atoms with van der Waals surface area (Å²) in [5.74, 6) is 1.54. The zero-order chi connectivity index (χ0) is 11.4. The van der Waals surface area contributed by atoms with Gasteiger partial charge in [0.2, 0.25) is 0 Å². The molecule has 2 rings (SSSR count). The Labute approximate surface area is 97.2 Å². The molecular weight excluding hydrogens is 228 g/mol. The van der Waals surface area contributed by atoms with Gasteiger partial charge in [0.25, 0.3) is 0 Å². The van der Waals surface area contributed by atoms with Crippen molar-refractivity contribution < 1.29 is 0 Å². The smallest absolute Gasteiger partial charge is 0.184 e. The Bertz CT molecular complexity index is 423. The topological polar surface area (TPSA) is 99.3 Å². The number of nitrogens with zero attached hydrogens (tertiary/aromatic N) is 6. The van der Waals surface area contributed by atoms with Gasteiger partial charge in [-0.3, -0.25) is 0 Å². The predicted octanol–water partition coefficient (Wildman–Crippen LogP) is -0.325. The van der Waals surface area contributed by atoms with Gasteiger partial charge < -0.3 is 4.90 Å². The van der Waals surface area contributed by atoms with Gasteiger partial charge in [-0.1, -0.05) is 5.21 Å². The van der Waals surface area contributed by atoms with E-state index in [0.717, 1.165) is 31.0 Å². The van der Waals surface area contributed by atoms with Crippen molar-refractivity contribution in [3.63, 3.8) is 0 Å². The Morgan fingerprint density at radius 3 is 2.75 bits per heavy atom. The molecule has 0 atom stereocenters. The Balaban J connectivity index is 1.80. The number of hydrogen-bond acceptors (Lipinski definition) is 7. The van der Waals surface area contributed by atoms with Gasteiger partial charge in [-0.25, -0.2) is 10.2 Å². The molecule has 0 radical (unpaired) electrons. The minimum Gasteiger partial charge on any atom is -0.356 e. The molecule has 0 bridgehead atoms. The lowest BCUT2D eigenvalue weighted by atomic mass is 10.3. The molecule has 0 aliphatic rings. The molecule has 2 aromatic heterocycles. The summed E-state index contributed by atoms with van der Waals surface area (Å²) in [4.78, 5) is 1.98. The number of aromatic nitrogens is 7. The fourth-order valence-electron chi connectivity index (χ4n) is 1.35. The summed E-state index contributed by atoms with van der Waals surface area (Å²) < 4.78 is 0. The number of anilines is 1. The maximum Gasteiger partial charge on any atom is 0.184 e. The average Bonchev–Trinajstić information content (AvgIpc) is 2.88. The van der Waals surface area contributed by atoms with Crippen LogP contribution in [0.4, 0.5) is 5.82 Å². The van der Waals surface area contributed by atoms with Crippen LogP contribution in [0.2, 0.25) is 0 Å². The highest BCUT2D eigenvalue weighted by molar-refractivity contribution is 7.80. The number of aryl methyl sites for hydroxylation is 1. The van der Waals surface area contributed by atoms with Gasteiger partial charge in [-0.15, -0.1) is 22.8 Å². The summed E-state index contributed by atoms with van der Waals surface area (Å²) in [5, 5.41) is 24.5. The number of hydrogen-bond donors (Lipinski definition) is 3. The van der Waals surface area contributed by atoms with E-state index in [1.54, 1.807) is 0 Å². The summed E-state index contributed by atoms with van der Waals surface area (Å²) in [7, 11) is 1.94. The Morgan fingerprint density at radius 2 is 2.12 bits per heavy atom. The molecule has 0 aliphatic carbocycles. The van der Waals surface area contributed by atoms with Gasteiger partial charge in [-0.2, -0.15) is 0 Å². The Hall–Kier alpha value is -1.64. The van der Waals surface area contributed by atoms with Crippen LogP contribution < -0.4 is 4.90 Å². The third-order valence-corrected chi connectivity index (χ3v) is 2.47. The van der Waals surface area contributed by atoms with Crippen molar-refractivity contribution in [3.8, 4) is 0 Å². The number of aromatic amines is 2. The van der Waals surface area contributed by atoms with Crippen molar-refractivity contribution in [2.75, 3.05) is 18.5 Å². The first-order chi connectivity index (χ1) is 7.77. The van der Waals surface area contributed by atoms with Crippen LogP contribution in [0.5, 0.6) is 0 Å². The molecule has 0 saturated carbocycles. The third kappa shape index (κ3) is 2.48. The van der Waals surface area contributed by atoms with Gasteiger partial charge in [0.15, 0.2) is 5.82 Å². The van der Waals surface area contributed by atoms with E-state index in [-0.39, 0.29) is 0 Å². The molecule has 0 aliphatic heterocycles. The number of H-pyrrole nitrogens is 2. The van der Waals surface area contributed by atoms with Crippen molar-refractivity contribution in [2.24, 2.45) is 0 Å². The van der Waals surface area contributed by atoms with E-state index in [2.05, 4.69) is 48.7 Å². The standard InChI is InChI=1S/C7H12N8S/c1-15(6-7(16)11-12-10-6)4-2-3-5-8-13-14-9-5/h2-4H2,1H3,(H,8,9,13,14)(H2,10,11,12,16). The summed E-state index contributed by atoms with van der Waals surface area (Å²) in [5.41, 5.74) is 0. The summed E-state index contributed by atoms with van der Waals surface area (Å²) in [6.45, 7) is 0.834. The quantitative estimate of drug-likeness (QED) is 0.619. The van der Waals surface area contributed by atoms with Crippen LogP contribution in [0.3, 0.4) is 0 Å². The van der Waals surface area contributed by atoms with Crippen molar-refractivity contribution >= 4 is 18.4 Å². The SMILES string of the molecule is CN(CCCc1nnn[nH]1)c1nn[nH]c1S. The van der Waals surface area contributed by atoms with Gasteiger partial charge in [0.05, 0.1) is 0 Å². The highest BCUT2D eigenvalue weighted by Crippen LogP contribution is 2.16. The molecule has 86 valence electrons. The molecule has 0 aromatic carbocycles. The minimum absolute atomic E-state index is 0.670. The second-order valence-electron chi connectivity index (χ2n) is 3.36. The van der Waals surface area contributed by atoms with Crippen LogP contribution in [-0.4, -0.2) is 49.6 Å². The molecule has 0 spiro atoms. The molecule has 0 amide bonds. The Kier molecular flexibility index (Phi) is 3.34. The fourth-order valence-corrected chi connectivity index (χ4v) is 1.61. The minimum atomic E-state index is 0.670. The van der Waals surface area contributed by atoms with Crippen molar-refractivity contribution in [2.45, 2.75) is 17.9 Å². The lowest BCUT2D eigenvalue weighted by Crippen LogP contribution is -2.20. The van der Waals surface area contributed by atoms with Crippen LogP contribution in [0.1, 0.15) is 12.2 Å². The highest BCUT2D eigenvalue weighted by atomic mass is 32.1. The predicted molar refractivity (Wildman–Crippen MR) is 59.4 cm³/mol. The van der Waals surface area contributed by atoms with Gasteiger partial charge in [-0.05, 0) is 16.8 Å². The first-order valence-corrected chi connectivity index (χ1v) is 5.26. The maximum atomic E-state index is 4.21. The van der Waals surface area contributed by atoms with Crippen LogP contribution >= 0.6 is 12.6 Å². The lowest BCUT2D eigenvalue weighted by molar-refractivity contribution is 0.742. The molecule has 2 N–H and O–H groups in total. The molecular formula is C7H12N8S. The lowest BCUT2D eigenvalue weighted by Gasteiger charge is -2.15. The van der Waals surface area contributed by atoms with E-state index in [0.29, 0.717) is 5.03 Å². The van der Waals surface area contributed by atoms with Crippen molar-refractivity contribution in [1.29, 1.82) is 0 Å². The molecule has 0 fully saturated rings. The molecule has 2 aromatic rings. The molecule has 8 nitrogen and oxygen atoms in total. The van der Waals surface area contributed by atoms with Crippen LogP contribution in [0, 0.1) is 0 Å². The van der Waals surface area contributed by atoms with E-state index in [4.69, 9.17) is 0 Å². The van der Waals surface area contributed by atoms with Gasteiger partial charge in [0.1, 0.15) is 10.9 Å². The average molecular weight is 240 g/mol. The van der Waals surface area contributed by atoms with Crippen LogP contribution in [0.25, 0.3) is 0 Å². The molecule has 2 heterocycles. The van der Waals surface area contributed by atoms with Crippen molar-refractivity contribution in [3.05, 3.63) is 5.82 Å². The first-order valence-electron chi connectivity index (χ1n) is 4.81. The van der Waals surface area contributed by atoms with E-state index in [1.165, 1.54) is 0 Å². The van der Waals surface area contributed by atoms with Crippen LogP contribution in [-0.2, 0) is 6.42 Å². The second kappa shape index (κ2) is 4.92. The largest absolute Gasteiger partial charge is 0.356 e. The highest BCUT2D eigenvalue weighted by Gasteiger charge is 2.08. The second-order valence-corrected chi connectivity index (χ2v) is 3.80. The van der Waals surface area contributed by atoms with E-state index < -0.39 is 0 Å². The Morgan fingerprint density at radius 1 is 1.25 bits per heavy atom. The maximum absolute atomic E-state index is 4.21. The first kappa shape index (κ1) is 10.9. The monoisotopic (exact) mass is 240 g/mol. The normalized spacial score (nSPS) is 10.6. The number of tetrazole rings is 1. The van der Waals surface area contributed by atoms with Crippen LogP contribution in [0.15, 0.2) is 5.03 Å². The molecule has 0 unspecified atom stereocenters.